The van der Waals surface area contributed by atoms with Gasteiger partial charge in [-0.1, -0.05) is 60.7 Å². The molecule has 0 aliphatic heterocycles. The van der Waals surface area contributed by atoms with Gasteiger partial charge >= 0.3 is 0 Å². The molecule has 0 aliphatic rings. The molecular formula is C23H22N2O. The number of hydrogen-bond donors (Lipinski definition) is 0. The van der Waals surface area contributed by atoms with Crippen molar-refractivity contribution < 1.29 is 4.74 Å². The van der Waals surface area contributed by atoms with Gasteiger partial charge in [-0.15, -0.1) is 0 Å². The van der Waals surface area contributed by atoms with Gasteiger partial charge < -0.3 is 4.74 Å². The van der Waals surface area contributed by atoms with Gasteiger partial charge in [-0.25, -0.2) is 0 Å². The van der Waals surface area contributed by atoms with Crippen molar-refractivity contribution >= 4 is 0 Å². The number of ether oxygens (including phenoxy) is 1. The summed E-state index contributed by atoms with van der Waals surface area (Å²) >= 11 is 0. The molecule has 0 N–H and O–H groups in total. The van der Waals surface area contributed by atoms with Gasteiger partial charge in [-0.2, -0.15) is 5.26 Å². The van der Waals surface area contributed by atoms with Gasteiger partial charge in [-0.3, -0.25) is 4.90 Å². The predicted molar refractivity (Wildman–Crippen MR) is 105 cm³/mol. The molecule has 0 spiro atoms. The van der Waals surface area contributed by atoms with Crippen LogP contribution in [0.1, 0.15) is 16.7 Å². The second-order valence-electron chi connectivity index (χ2n) is 6.34. The molecule has 0 saturated carbocycles. The zero-order chi connectivity index (χ0) is 18.4. The number of para-hydroxylation sites is 1. The van der Waals surface area contributed by atoms with Crippen LogP contribution in [0.2, 0.25) is 0 Å². The van der Waals surface area contributed by atoms with Crippen LogP contribution in [0.3, 0.4) is 0 Å². The standard InChI is InChI=1S/C23H22N2O/c1-25(17-21-8-4-6-10-23(21)26-2)16-18-11-13-19(14-12-18)22-9-5-3-7-20(22)15-24/h3-14H,16-17H2,1-2H3. The van der Waals surface area contributed by atoms with Crippen LogP contribution in [0.5, 0.6) is 5.75 Å². The van der Waals surface area contributed by atoms with Gasteiger partial charge in [-0.05, 0) is 35.9 Å². The maximum atomic E-state index is 9.27. The second kappa shape index (κ2) is 8.33. The Balaban J connectivity index is 1.70. The van der Waals surface area contributed by atoms with E-state index in [1.807, 2.05) is 42.5 Å². The van der Waals surface area contributed by atoms with Crippen LogP contribution in [0.15, 0.2) is 72.8 Å². The third-order valence-electron chi connectivity index (χ3n) is 4.40. The smallest absolute Gasteiger partial charge is 0.123 e. The number of nitrogens with zero attached hydrogens (tertiary/aromatic N) is 2. The molecule has 0 amide bonds. The minimum absolute atomic E-state index is 0.702. The van der Waals surface area contributed by atoms with Gasteiger partial charge in [0.2, 0.25) is 0 Å². The summed E-state index contributed by atoms with van der Waals surface area (Å²) in [6.07, 6.45) is 0. The van der Waals surface area contributed by atoms with Crippen molar-refractivity contribution in [2.45, 2.75) is 13.1 Å². The molecule has 0 atom stereocenters. The van der Waals surface area contributed by atoms with E-state index in [-0.39, 0.29) is 0 Å². The van der Waals surface area contributed by atoms with Crippen LogP contribution in [0.25, 0.3) is 11.1 Å². The molecule has 0 heterocycles. The molecule has 130 valence electrons. The first-order valence-electron chi connectivity index (χ1n) is 8.60. The normalized spacial score (nSPS) is 10.5. The Morgan fingerprint density at radius 1 is 0.885 bits per heavy atom. The van der Waals surface area contributed by atoms with Gasteiger partial charge in [0, 0.05) is 18.7 Å². The molecular weight excluding hydrogens is 320 g/mol. The lowest BCUT2D eigenvalue weighted by Gasteiger charge is -2.18. The summed E-state index contributed by atoms with van der Waals surface area (Å²) in [6, 6.07) is 26.5. The van der Waals surface area contributed by atoms with E-state index in [0.717, 1.165) is 30.0 Å². The molecule has 3 heteroatoms. The molecule has 0 saturated heterocycles. The highest BCUT2D eigenvalue weighted by Crippen LogP contribution is 2.24. The van der Waals surface area contributed by atoms with Gasteiger partial charge in [0.05, 0.1) is 18.7 Å². The lowest BCUT2D eigenvalue weighted by atomic mass is 9.99. The highest BCUT2D eigenvalue weighted by Gasteiger charge is 2.08. The van der Waals surface area contributed by atoms with Crippen molar-refractivity contribution in [2.24, 2.45) is 0 Å². The third-order valence-corrected chi connectivity index (χ3v) is 4.40. The monoisotopic (exact) mass is 342 g/mol. The zero-order valence-electron chi connectivity index (χ0n) is 15.1. The fourth-order valence-corrected chi connectivity index (χ4v) is 3.11. The number of hydrogen-bond acceptors (Lipinski definition) is 3. The topological polar surface area (TPSA) is 36.3 Å². The van der Waals surface area contributed by atoms with Crippen molar-refractivity contribution in [1.29, 1.82) is 5.26 Å². The summed E-state index contributed by atoms with van der Waals surface area (Å²) in [5.41, 5.74) is 5.16. The predicted octanol–water partition coefficient (Wildman–Crippen LogP) is 4.87. The molecule has 3 aromatic carbocycles. The molecule has 3 nitrogen and oxygen atoms in total. The molecule has 0 unspecified atom stereocenters. The van der Waals surface area contributed by atoms with Crippen LogP contribution in [0, 0.1) is 11.3 Å². The molecule has 3 rings (SSSR count). The molecule has 0 bridgehead atoms. The summed E-state index contributed by atoms with van der Waals surface area (Å²) in [5, 5.41) is 9.27. The Labute approximate surface area is 155 Å². The molecule has 0 radical (unpaired) electrons. The summed E-state index contributed by atoms with van der Waals surface area (Å²) < 4.78 is 5.43. The van der Waals surface area contributed by atoms with E-state index in [1.165, 1.54) is 11.1 Å². The largest absolute Gasteiger partial charge is 0.496 e. The van der Waals surface area contributed by atoms with E-state index in [0.29, 0.717) is 5.56 Å². The zero-order valence-corrected chi connectivity index (χ0v) is 15.1. The molecule has 26 heavy (non-hydrogen) atoms. The Kier molecular flexibility index (Phi) is 5.68. The van der Waals surface area contributed by atoms with E-state index in [2.05, 4.69) is 48.3 Å². The maximum absolute atomic E-state index is 9.27. The van der Waals surface area contributed by atoms with Crippen LogP contribution in [-0.4, -0.2) is 19.1 Å². The Bertz CT molecular complexity index is 910. The quantitative estimate of drug-likeness (QED) is 0.641. The van der Waals surface area contributed by atoms with Crippen LogP contribution < -0.4 is 4.74 Å². The number of rotatable bonds is 6. The van der Waals surface area contributed by atoms with E-state index in [4.69, 9.17) is 4.74 Å². The maximum Gasteiger partial charge on any atom is 0.123 e. The van der Waals surface area contributed by atoms with Gasteiger partial charge in [0.25, 0.3) is 0 Å². The second-order valence-corrected chi connectivity index (χ2v) is 6.34. The summed E-state index contributed by atoms with van der Waals surface area (Å²) in [7, 11) is 3.81. The fraction of sp³-hybridized carbons (Fsp3) is 0.174. The van der Waals surface area contributed by atoms with Crippen molar-refractivity contribution in [3.05, 3.63) is 89.5 Å². The summed E-state index contributed by atoms with van der Waals surface area (Å²) in [5.74, 6) is 0.919. The summed E-state index contributed by atoms with van der Waals surface area (Å²) in [6.45, 7) is 1.67. The number of nitriles is 1. The van der Waals surface area contributed by atoms with Crippen LogP contribution in [-0.2, 0) is 13.1 Å². The minimum atomic E-state index is 0.702. The lowest BCUT2D eigenvalue weighted by Crippen LogP contribution is -2.17. The first-order valence-corrected chi connectivity index (χ1v) is 8.60. The molecule has 0 fully saturated rings. The Morgan fingerprint density at radius 2 is 1.58 bits per heavy atom. The third kappa shape index (κ3) is 4.11. The molecule has 0 aromatic heterocycles. The first kappa shape index (κ1) is 17.7. The molecule has 0 aliphatic carbocycles. The number of benzene rings is 3. The highest BCUT2D eigenvalue weighted by molar-refractivity contribution is 5.70. The van der Waals surface area contributed by atoms with E-state index in [9.17, 15) is 5.26 Å². The average Bonchev–Trinajstić information content (AvgIpc) is 2.69. The number of methoxy groups -OCH3 is 1. The Hall–Kier alpha value is -3.09. The average molecular weight is 342 g/mol. The SMILES string of the molecule is COc1ccccc1CN(C)Cc1ccc(-c2ccccc2C#N)cc1. The first-order chi connectivity index (χ1) is 12.7. The van der Waals surface area contributed by atoms with E-state index < -0.39 is 0 Å². The van der Waals surface area contributed by atoms with E-state index >= 15 is 0 Å². The lowest BCUT2D eigenvalue weighted by molar-refractivity contribution is 0.310. The fourth-order valence-electron chi connectivity index (χ4n) is 3.11. The van der Waals surface area contributed by atoms with Crippen molar-refractivity contribution in [3.63, 3.8) is 0 Å². The highest BCUT2D eigenvalue weighted by atomic mass is 16.5. The van der Waals surface area contributed by atoms with Crippen LogP contribution in [0.4, 0.5) is 0 Å². The molecule has 3 aromatic rings. The van der Waals surface area contributed by atoms with E-state index in [1.54, 1.807) is 7.11 Å². The van der Waals surface area contributed by atoms with Crippen molar-refractivity contribution in [2.75, 3.05) is 14.2 Å². The van der Waals surface area contributed by atoms with Crippen molar-refractivity contribution in [1.82, 2.24) is 4.90 Å². The van der Waals surface area contributed by atoms with Crippen molar-refractivity contribution in [3.8, 4) is 22.9 Å². The summed E-state index contributed by atoms with van der Waals surface area (Å²) in [4.78, 5) is 2.26. The van der Waals surface area contributed by atoms with Gasteiger partial charge in [0.1, 0.15) is 5.75 Å². The Morgan fingerprint density at radius 3 is 2.31 bits per heavy atom. The van der Waals surface area contributed by atoms with Crippen LogP contribution >= 0.6 is 0 Å². The minimum Gasteiger partial charge on any atom is -0.496 e. The van der Waals surface area contributed by atoms with Gasteiger partial charge in [0.15, 0.2) is 0 Å².